The Hall–Kier alpha value is -1.95. The first-order valence-electron chi connectivity index (χ1n) is 5.79. The highest BCUT2D eigenvalue weighted by Gasteiger charge is 2.06. The SMILES string of the molecule is COC(=O)CSCc1cc(C=CC(=O)O)ccc1OC. The summed E-state index contributed by atoms with van der Waals surface area (Å²) in [6, 6.07) is 5.38. The van der Waals surface area contributed by atoms with Crippen LogP contribution in [0.1, 0.15) is 11.1 Å². The summed E-state index contributed by atoms with van der Waals surface area (Å²) in [6.07, 6.45) is 2.59. The topological polar surface area (TPSA) is 72.8 Å². The molecule has 108 valence electrons. The molecule has 0 aliphatic rings. The molecular formula is C14H16O5S. The van der Waals surface area contributed by atoms with Crippen LogP contribution in [0.2, 0.25) is 0 Å². The van der Waals surface area contributed by atoms with Crippen LogP contribution in [-0.4, -0.2) is 37.0 Å². The summed E-state index contributed by atoms with van der Waals surface area (Å²) in [5.41, 5.74) is 1.66. The largest absolute Gasteiger partial charge is 0.496 e. The van der Waals surface area contributed by atoms with Crippen LogP contribution >= 0.6 is 11.8 Å². The van der Waals surface area contributed by atoms with Crippen molar-refractivity contribution >= 4 is 29.8 Å². The zero-order chi connectivity index (χ0) is 15.0. The van der Waals surface area contributed by atoms with E-state index >= 15 is 0 Å². The second kappa shape index (κ2) is 8.27. The van der Waals surface area contributed by atoms with Gasteiger partial charge in [0.1, 0.15) is 5.75 Å². The van der Waals surface area contributed by atoms with E-state index in [1.807, 2.05) is 6.07 Å². The molecular weight excluding hydrogens is 280 g/mol. The van der Waals surface area contributed by atoms with Crippen molar-refractivity contribution in [2.75, 3.05) is 20.0 Å². The predicted molar refractivity (Wildman–Crippen MR) is 77.8 cm³/mol. The number of methoxy groups -OCH3 is 2. The molecule has 1 aromatic carbocycles. The molecule has 0 radical (unpaired) electrons. The molecule has 1 aromatic rings. The molecule has 0 heterocycles. The summed E-state index contributed by atoms with van der Waals surface area (Å²) < 4.78 is 9.81. The van der Waals surface area contributed by atoms with Crippen molar-refractivity contribution in [3.8, 4) is 5.75 Å². The number of esters is 1. The van der Waals surface area contributed by atoms with Crippen LogP contribution in [0.4, 0.5) is 0 Å². The minimum absolute atomic E-state index is 0.259. The lowest BCUT2D eigenvalue weighted by Gasteiger charge is -2.09. The molecule has 0 bridgehead atoms. The third-order valence-electron chi connectivity index (χ3n) is 2.43. The van der Waals surface area contributed by atoms with Crippen LogP contribution in [-0.2, 0) is 20.1 Å². The van der Waals surface area contributed by atoms with Crippen molar-refractivity contribution in [2.45, 2.75) is 5.75 Å². The molecule has 0 spiro atoms. The third-order valence-corrected chi connectivity index (χ3v) is 3.38. The smallest absolute Gasteiger partial charge is 0.328 e. The van der Waals surface area contributed by atoms with Crippen molar-refractivity contribution in [3.63, 3.8) is 0 Å². The molecule has 0 saturated carbocycles. The maximum absolute atomic E-state index is 11.1. The van der Waals surface area contributed by atoms with Crippen LogP contribution in [0.5, 0.6) is 5.75 Å². The van der Waals surface area contributed by atoms with Gasteiger partial charge in [-0.05, 0) is 23.8 Å². The molecule has 0 aromatic heterocycles. The highest BCUT2D eigenvalue weighted by Crippen LogP contribution is 2.25. The van der Waals surface area contributed by atoms with E-state index in [1.54, 1.807) is 19.2 Å². The number of ether oxygens (including phenoxy) is 2. The fraction of sp³-hybridized carbons (Fsp3) is 0.286. The summed E-state index contributed by atoms with van der Waals surface area (Å²) in [5.74, 6) is 0.259. The van der Waals surface area contributed by atoms with Crippen LogP contribution in [0.15, 0.2) is 24.3 Å². The van der Waals surface area contributed by atoms with Gasteiger partial charge in [0, 0.05) is 17.4 Å². The monoisotopic (exact) mass is 296 g/mol. The van der Waals surface area contributed by atoms with Crippen LogP contribution in [0.25, 0.3) is 6.08 Å². The average Bonchev–Trinajstić information content (AvgIpc) is 2.45. The van der Waals surface area contributed by atoms with E-state index in [0.717, 1.165) is 17.2 Å². The highest BCUT2D eigenvalue weighted by atomic mass is 32.2. The number of carbonyl (C=O) groups is 2. The van der Waals surface area contributed by atoms with E-state index in [4.69, 9.17) is 9.84 Å². The number of rotatable bonds is 7. The number of thioether (sulfide) groups is 1. The van der Waals surface area contributed by atoms with E-state index in [1.165, 1.54) is 24.9 Å². The van der Waals surface area contributed by atoms with E-state index in [2.05, 4.69) is 4.74 Å². The molecule has 1 N–H and O–H groups in total. The number of benzene rings is 1. The summed E-state index contributed by atoms with van der Waals surface area (Å²) in [5, 5.41) is 8.61. The minimum Gasteiger partial charge on any atom is -0.496 e. The first-order chi connectivity index (χ1) is 9.56. The lowest BCUT2D eigenvalue weighted by Crippen LogP contribution is -2.03. The Bertz CT molecular complexity index is 510. The molecule has 0 atom stereocenters. The molecule has 0 fully saturated rings. The molecule has 0 aliphatic heterocycles. The van der Waals surface area contributed by atoms with Gasteiger partial charge >= 0.3 is 11.9 Å². The molecule has 20 heavy (non-hydrogen) atoms. The van der Waals surface area contributed by atoms with Gasteiger partial charge in [-0.15, -0.1) is 11.8 Å². The Kier molecular flexibility index (Phi) is 6.66. The molecule has 0 amide bonds. The Morgan fingerprint density at radius 3 is 2.70 bits per heavy atom. The minimum atomic E-state index is -0.998. The zero-order valence-corrected chi connectivity index (χ0v) is 12.1. The number of hydrogen-bond donors (Lipinski definition) is 1. The number of carbonyl (C=O) groups excluding carboxylic acids is 1. The van der Waals surface area contributed by atoms with Gasteiger partial charge in [0.25, 0.3) is 0 Å². The van der Waals surface area contributed by atoms with E-state index in [-0.39, 0.29) is 11.7 Å². The maximum Gasteiger partial charge on any atom is 0.328 e. The first kappa shape index (κ1) is 16.1. The molecule has 6 heteroatoms. The van der Waals surface area contributed by atoms with Crippen molar-refractivity contribution in [3.05, 3.63) is 35.4 Å². The lowest BCUT2D eigenvalue weighted by atomic mass is 10.1. The quantitative estimate of drug-likeness (QED) is 0.614. The Morgan fingerprint density at radius 1 is 1.35 bits per heavy atom. The fourth-order valence-corrected chi connectivity index (χ4v) is 2.32. The molecule has 1 rings (SSSR count). The van der Waals surface area contributed by atoms with Gasteiger partial charge in [0.2, 0.25) is 0 Å². The molecule has 0 saturated heterocycles. The van der Waals surface area contributed by atoms with E-state index < -0.39 is 5.97 Å². The van der Waals surface area contributed by atoms with Crippen molar-refractivity contribution < 1.29 is 24.2 Å². The normalized spacial score (nSPS) is 10.5. The summed E-state index contributed by atoms with van der Waals surface area (Å²) in [4.78, 5) is 21.5. The van der Waals surface area contributed by atoms with Gasteiger partial charge < -0.3 is 14.6 Å². The van der Waals surface area contributed by atoms with Gasteiger partial charge in [-0.3, -0.25) is 4.79 Å². The summed E-state index contributed by atoms with van der Waals surface area (Å²) in [6.45, 7) is 0. The van der Waals surface area contributed by atoms with Crippen molar-refractivity contribution in [1.29, 1.82) is 0 Å². The Morgan fingerprint density at radius 2 is 2.10 bits per heavy atom. The van der Waals surface area contributed by atoms with Crippen molar-refractivity contribution in [1.82, 2.24) is 0 Å². The van der Waals surface area contributed by atoms with Gasteiger partial charge in [-0.25, -0.2) is 4.79 Å². The lowest BCUT2D eigenvalue weighted by molar-refractivity contribution is -0.137. The number of carboxylic acid groups (broad SMARTS) is 1. The number of carboxylic acids is 1. The van der Waals surface area contributed by atoms with Gasteiger partial charge in [0.15, 0.2) is 0 Å². The van der Waals surface area contributed by atoms with Crippen molar-refractivity contribution in [2.24, 2.45) is 0 Å². The van der Waals surface area contributed by atoms with E-state index in [9.17, 15) is 9.59 Å². The molecule has 5 nitrogen and oxygen atoms in total. The second-order valence-corrected chi connectivity index (χ2v) is 4.80. The Balaban J connectivity index is 2.78. The number of aliphatic carboxylic acids is 1. The Labute approximate surface area is 121 Å². The first-order valence-corrected chi connectivity index (χ1v) is 6.94. The van der Waals surface area contributed by atoms with Crippen LogP contribution < -0.4 is 4.74 Å². The number of hydrogen-bond acceptors (Lipinski definition) is 5. The fourth-order valence-electron chi connectivity index (χ4n) is 1.49. The maximum atomic E-state index is 11.1. The molecule has 0 unspecified atom stereocenters. The summed E-state index contributed by atoms with van der Waals surface area (Å²) in [7, 11) is 2.91. The van der Waals surface area contributed by atoms with Crippen LogP contribution in [0, 0.1) is 0 Å². The van der Waals surface area contributed by atoms with Gasteiger partial charge in [-0.2, -0.15) is 0 Å². The zero-order valence-electron chi connectivity index (χ0n) is 11.3. The average molecular weight is 296 g/mol. The molecule has 0 aliphatic carbocycles. The standard InChI is InChI=1S/C14H16O5S/c1-18-12-5-3-10(4-6-13(15)16)7-11(12)8-20-9-14(17)19-2/h3-7H,8-9H2,1-2H3,(H,15,16). The third kappa shape index (κ3) is 5.36. The highest BCUT2D eigenvalue weighted by molar-refractivity contribution is 7.99. The van der Waals surface area contributed by atoms with Gasteiger partial charge in [-0.1, -0.05) is 6.07 Å². The van der Waals surface area contributed by atoms with Gasteiger partial charge in [0.05, 0.1) is 20.0 Å². The van der Waals surface area contributed by atoms with E-state index in [0.29, 0.717) is 11.5 Å². The predicted octanol–water partition coefficient (Wildman–Crippen LogP) is 2.20. The van der Waals surface area contributed by atoms with Crippen LogP contribution in [0.3, 0.4) is 0 Å². The second-order valence-electron chi connectivity index (χ2n) is 3.81. The summed E-state index contributed by atoms with van der Waals surface area (Å²) >= 11 is 1.41.